The lowest BCUT2D eigenvalue weighted by Gasteiger charge is -2.15. The van der Waals surface area contributed by atoms with Crippen LogP contribution in [0, 0.1) is 5.92 Å². The first-order valence-corrected chi connectivity index (χ1v) is 5.16. The molecular weight excluding hydrogens is 176 g/mol. The molecule has 0 fully saturated rings. The van der Waals surface area contributed by atoms with Crippen molar-refractivity contribution in [3.05, 3.63) is 11.9 Å². The highest BCUT2D eigenvalue weighted by atomic mass is 15.4. The van der Waals surface area contributed by atoms with E-state index in [9.17, 15) is 0 Å². The zero-order valence-corrected chi connectivity index (χ0v) is 9.49. The number of nitrogens with one attached hydrogen (secondary N) is 1. The number of aryl methyl sites for hydroxylation is 1. The lowest BCUT2D eigenvalue weighted by atomic mass is 10.1. The Hall–Kier alpha value is -0.900. The first-order chi connectivity index (χ1) is 6.59. The van der Waals surface area contributed by atoms with E-state index in [2.05, 4.69) is 36.4 Å². The van der Waals surface area contributed by atoms with Crippen LogP contribution >= 0.6 is 0 Å². The van der Waals surface area contributed by atoms with E-state index < -0.39 is 0 Å². The SMILES string of the molecule is CC(C)CC(C)NCc1cnnn1C. The molecule has 0 aliphatic carbocycles. The number of hydrogen-bond donors (Lipinski definition) is 1. The minimum Gasteiger partial charge on any atom is -0.309 e. The van der Waals surface area contributed by atoms with Crippen LogP contribution in [0.3, 0.4) is 0 Å². The second-order valence-electron chi connectivity index (χ2n) is 4.26. The van der Waals surface area contributed by atoms with Crippen LogP contribution in [0.4, 0.5) is 0 Å². The van der Waals surface area contributed by atoms with E-state index in [0.717, 1.165) is 18.2 Å². The molecule has 1 unspecified atom stereocenters. The normalized spacial score (nSPS) is 13.5. The molecule has 4 nitrogen and oxygen atoms in total. The van der Waals surface area contributed by atoms with Crippen molar-refractivity contribution in [2.45, 2.75) is 39.8 Å². The number of rotatable bonds is 5. The van der Waals surface area contributed by atoms with Gasteiger partial charge < -0.3 is 5.32 Å². The molecule has 0 bridgehead atoms. The first-order valence-electron chi connectivity index (χ1n) is 5.16. The highest BCUT2D eigenvalue weighted by Crippen LogP contribution is 2.04. The quantitative estimate of drug-likeness (QED) is 0.772. The lowest BCUT2D eigenvalue weighted by Crippen LogP contribution is -2.27. The van der Waals surface area contributed by atoms with Crippen LogP contribution in [0.5, 0.6) is 0 Å². The molecule has 0 aliphatic rings. The van der Waals surface area contributed by atoms with E-state index in [1.807, 2.05) is 7.05 Å². The molecule has 1 rings (SSSR count). The van der Waals surface area contributed by atoms with Gasteiger partial charge in [-0.3, -0.25) is 4.68 Å². The molecule has 1 aromatic rings. The molecule has 0 radical (unpaired) electrons. The summed E-state index contributed by atoms with van der Waals surface area (Å²) in [5.41, 5.74) is 1.13. The van der Waals surface area contributed by atoms with Crippen molar-refractivity contribution in [1.29, 1.82) is 0 Å². The molecule has 80 valence electrons. The van der Waals surface area contributed by atoms with Gasteiger partial charge >= 0.3 is 0 Å². The predicted molar refractivity (Wildman–Crippen MR) is 56.8 cm³/mol. The largest absolute Gasteiger partial charge is 0.309 e. The van der Waals surface area contributed by atoms with Gasteiger partial charge in [0, 0.05) is 19.6 Å². The highest BCUT2D eigenvalue weighted by Gasteiger charge is 2.05. The maximum atomic E-state index is 3.88. The Kier molecular flexibility index (Phi) is 4.07. The minimum absolute atomic E-state index is 0.546. The third kappa shape index (κ3) is 3.46. The molecule has 0 saturated carbocycles. The van der Waals surface area contributed by atoms with Crippen LogP contribution in [-0.4, -0.2) is 21.0 Å². The Morgan fingerprint density at radius 3 is 2.64 bits per heavy atom. The van der Waals surface area contributed by atoms with Crippen molar-refractivity contribution in [1.82, 2.24) is 20.3 Å². The molecule has 1 heterocycles. The fourth-order valence-corrected chi connectivity index (χ4v) is 1.54. The molecule has 0 aliphatic heterocycles. The van der Waals surface area contributed by atoms with Crippen LogP contribution < -0.4 is 5.32 Å². The Labute approximate surface area is 85.7 Å². The summed E-state index contributed by atoms with van der Waals surface area (Å²) in [7, 11) is 1.91. The standard InChI is InChI=1S/C10H20N4/c1-8(2)5-9(3)11-6-10-7-12-13-14(10)4/h7-9,11H,5-6H2,1-4H3. The van der Waals surface area contributed by atoms with Crippen LogP contribution in [0.2, 0.25) is 0 Å². The summed E-state index contributed by atoms with van der Waals surface area (Å²) in [6.45, 7) is 7.54. The Bertz CT molecular complexity index is 267. The second kappa shape index (κ2) is 5.10. The third-order valence-electron chi connectivity index (χ3n) is 2.26. The maximum Gasteiger partial charge on any atom is 0.0738 e. The van der Waals surface area contributed by atoms with Gasteiger partial charge in [0.05, 0.1) is 11.9 Å². The molecular formula is C10H20N4. The van der Waals surface area contributed by atoms with Crippen molar-refractivity contribution < 1.29 is 0 Å². The smallest absolute Gasteiger partial charge is 0.0738 e. The van der Waals surface area contributed by atoms with Gasteiger partial charge in [0.1, 0.15) is 0 Å². The van der Waals surface area contributed by atoms with Crippen molar-refractivity contribution in [2.75, 3.05) is 0 Å². The van der Waals surface area contributed by atoms with Crippen LogP contribution in [0.1, 0.15) is 32.9 Å². The monoisotopic (exact) mass is 196 g/mol. The molecule has 1 N–H and O–H groups in total. The average molecular weight is 196 g/mol. The van der Waals surface area contributed by atoms with Crippen molar-refractivity contribution in [3.63, 3.8) is 0 Å². The minimum atomic E-state index is 0.546. The second-order valence-corrected chi connectivity index (χ2v) is 4.26. The third-order valence-corrected chi connectivity index (χ3v) is 2.26. The van der Waals surface area contributed by atoms with E-state index >= 15 is 0 Å². The highest BCUT2D eigenvalue weighted by molar-refractivity contribution is 4.92. The molecule has 1 aromatic heterocycles. The molecule has 4 heteroatoms. The van der Waals surface area contributed by atoms with Gasteiger partial charge in [0.2, 0.25) is 0 Å². The molecule has 1 atom stereocenters. The van der Waals surface area contributed by atoms with Crippen molar-refractivity contribution in [3.8, 4) is 0 Å². The summed E-state index contributed by atoms with van der Waals surface area (Å²) >= 11 is 0. The Balaban J connectivity index is 2.30. The van der Waals surface area contributed by atoms with Crippen LogP contribution in [-0.2, 0) is 13.6 Å². The first kappa shape index (κ1) is 11.2. The van der Waals surface area contributed by atoms with E-state index in [0.29, 0.717) is 6.04 Å². The summed E-state index contributed by atoms with van der Waals surface area (Å²) in [5.74, 6) is 0.738. The number of aromatic nitrogens is 3. The van der Waals surface area contributed by atoms with Crippen LogP contribution in [0.25, 0.3) is 0 Å². The topological polar surface area (TPSA) is 42.7 Å². The summed E-state index contributed by atoms with van der Waals surface area (Å²) in [5, 5.41) is 11.2. The van der Waals surface area contributed by atoms with Gasteiger partial charge in [-0.2, -0.15) is 0 Å². The maximum absolute atomic E-state index is 3.88. The van der Waals surface area contributed by atoms with E-state index in [4.69, 9.17) is 0 Å². The van der Waals surface area contributed by atoms with E-state index in [1.165, 1.54) is 6.42 Å². The summed E-state index contributed by atoms with van der Waals surface area (Å²) in [4.78, 5) is 0. The molecule has 14 heavy (non-hydrogen) atoms. The van der Waals surface area contributed by atoms with Crippen molar-refractivity contribution in [2.24, 2.45) is 13.0 Å². The molecule has 0 aromatic carbocycles. The summed E-state index contributed by atoms with van der Waals surface area (Å²) in [6, 6.07) is 0.546. The summed E-state index contributed by atoms with van der Waals surface area (Å²) < 4.78 is 1.80. The number of hydrogen-bond acceptors (Lipinski definition) is 3. The van der Waals surface area contributed by atoms with E-state index in [1.54, 1.807) is 10.9 Å². The molecule has 0 saturated heterocycles. The van der Waals surface area contributed by atoms with Gasteiger partial charge in [-0.1, -0.05) is 19.1 Å². The zero-order chi connectivity index (χ0) is 10.6. The Morgan fingerprint density at radius 1 is 1.43 bits per heavy atom. The fraction of sp³-hybridized carbons (Fsp3) is 0.800. The van der Waals surface area contributed by atoms with Gasteiger partial charge in [-0.25, -0.2) is 0 Å². The van der Waals surface area contributed by atoms with Gasteiger partial charge in [-0.05, 0) is 19.3 Å². The predicted octanol–water partition coefficient (Wildman–Crippen LogP) is 1.34. The van der Waals surface area contributed by atoms with Crippen molar-refractivity contribution >= 4 is 0 Å². The number of nitrogens with zero attached hydrogens (tertiary/aromatic N) is 3. The lowest BCUT2D eigenvalue weighted by molar-refractivity contribution is 0.435. The van der Waals surface area contributed by atoms with Gasteiger partial charge in [-0.15, -0.1) is 5.10 Å². The fourth-order valence-electron chi connectivity index (χ4n) is 1.54. The van der Waals surface area contributed by atoms with Crippen LogP contribution in [0.15, 0.2) is 6.20 Å². The average Bonchev–Trinajstić information content (AvgIpc) is 2.46. The Morgan fingerprint density at radius 2 is 2.14 bits per heavy atom. The molecule has 0 spiro atoms. The molecule has 0 amide bonds. The summed E-state index contributed by atoms with van der Waals surface area (Å²) in [6.07, 6.45) is 3.00. The van der Waals surface area contributed by atoms with E-state index in [-0.39, 0.29) is 0 Å². The van der Waals surface area contributed by atoms with Gasteiger partial charge in [0.25, 0.3) is 0 Å². The van der Waals surface area contributed by atoms with Gasteiger partial charge in [0.15, 0.2) is 0 Å². The zero-order valence-electron chi connectivity index (χ0n) is 9.49.